The normalized spacial score (nSPS) is 17.1. The third kappa shape index (κ3) is 4.25. The molecule has 0 bridgehead atoms. The van der Waals surface area contributed by atoms with Gasteiger partial charge in [0.1, 0.15) is 11.5 Å². The number of likely N-dealkylation sites (N-methyl/N-ethyl adjacent to an activating group) is 1. The molecule has 138 valence electrons. The van der Waals surface area contributed by atoms with Gasteiger partial charge in [0.2, 0.25) is 0 Å². The lowest BCUT2D eigenvalue weighted by Crippen LogP contribution is -2.52. The number of nitrogens with two attached hydrogens (primary N) is 1. The van der Waals surface area contributed by atoms with Gasteiger partial charge < -0.3 is 16.0 Å². The number of halogens is 1. The number of nitrogen functional groups attached to an aromatic ring is 1. The highest BCUT2D eigenvalue weighted by Crippen LogP contribution is 2.31. The average Bonchev–Trinajstić information content (AvgIpc) is 2.80. The summed E-state index contributed by atoms with van der Waals surface area (Å²) in [5.41, 5.74) is 4.42. The molecule has 2 rings (SSSR count). The van der Waals surface area contributed by atoms with E-state index in [1.807, 2.05) is 14.1 Å². The summed E-state index contributed by atoms with van der Waals surface area (Å²) in [4.78, 5) is 24.8. The number of rotatable bonds is 5. The van der Waals surface area contributed by atoms with Crippen molar-refractivity contribution < 1.29 is 14.1 Å². The Kier molecular flexibility index (Phi) is 5.94. The maximum absolute atomic E-state index is 13.6. The van der Waals surface area contributed by atoms with Crippen LogP contribution >= 0.6 is 0 Å². The van der Waals surface area contributed by atoms with E-state index in [0.29, 0.717) is 6.54 Å². The highest BCUT2D eigenvalue weighted by Gasteiger charge is 2.34. The minimum Gasteiger partial charge on any atom is -0.393 e. The Balaban J connectivity index is 2.20. The van der Waals surface area contributed by atoms with Crippen LogP contribution in [-0.2, 0) is 0 Å². The molecule has 3 N–H and O–H groups in total. The van der Waals surface area contributed by atoms with E-state index in [4.69, 9.17) is 5.73 Å². The van der Waals surface area contributed by atoms with Gasteiger partial charge in [-0.25, -0.2) is 4.39 Å². The Labute approximate surface area is 146 Å². The zero-order chi connectivity index (χ0) is 18.6. The van der Waals surface area contributed by atoms with Crippen molar-refractivity contribution in [3.63, 3.8) is 0 Å². The number of hydrogen-bond acceptors (Lipinski definition) is 5. The molecule has 1 aromatic carbocycles. The summed E-state index contributed by atoms with van der Waals surface area (Å²) in [6.07, 6.45) is 6.43. The Bertz CT molecular complexity index is 656. The van der Waals surface area contributed by atoms with Gasteiger partial charge >= 0.3 is 0 Å². The number of nitrogens with one attached hydrogen (secondary N) is 1. The van der Waals surface area contributed by atoms with E-state index in [1.54, 1.807) is 0 Å². The van der Waals surface area contributed by atoms with Crippen LogP contribution in [0.25, 0.3) is 0 Å². The summed E-state index contributed by atoms with van der Waals surface area (Å²) in [6, 6.07) is 1.66. The summed E-state index contributed by atoms with van der Waals surface area (Å²) >= 11 is 0. The van der Waals surface area contributed by atoms with Gasteiger partial charge in [-0.15, -0.1) is 0 Å². The van der Waals surface area contributed by atoms with Crippen molar-refractivity contribution >= 4 is 17.3 Å². The largest absolute Gasteiger partial charge is 0.393 e. The van der Waals surface area contributed by atoms with Crippen LogP contribution < -0.4 is 11.1 Å². The Morgan fingerprint density at radius 2 is 1.92 bits per heavy atom. The summed E-state index contributed by atoms with van der Waals surface area (Å²) in [6.45, 7) is 0.391. The molecule has 0 radical (unpaired) electrons. The number of nitrogens with zero attached hydrogens (tertiary/aromatic N) is 2. The molecule has 0 atom stereocenters. The molecule has 0 heterocycles. The lowest BCUT2D eigenvalue weighted by Gasteiger charge is -2.39. The van der Waals surface area contributed by atoms with Crippen LogP contribution in [0.3, 0.4) is 0 Å². The number of nitro benzene ring substituents is 1. The maximum atomic E-state index is 13.6. The highest BCUT2D eigenvalue weighted by atomic mass is 19.1. The molecule has 0 saturated heterocycles. The SMILES string of the molecule is CN(C)C1(CNC(=O)c2cc(F)cc([N+](=O)[O-])c2N)CCCCCC1. The molecule has 1 fully saturated rings. The molecule has 1 saturated carbocycles. The van der Waals surface area contributed by atoms with Crippen molar-refractivity contribution in [2.24, 2.45) is 0 Å². The van der Waals surface area contributed by atoms with E-state index in [1.165, 1.54) is 12.8 Å². The van der Waals surface area contributed by atoms with Crippen LogP contribution in [0, 0.1) is 15.9 Å². The van der Waals surface area contributed by atoms with Gasteiger partial charge in [0, 0.05) is 12.1 Å². The molecule has 1 aromatic rings. The summed E-state index contributed by atoms with van der Waals surface area (Å²) < 4.78 is 13.6. The minimum atomic E-state index is -0.858. The molecule has 0 unspecified atom stereocenters. The van der Waals surface area contributed by atoms with E-state index in [9.17, 15) is 19.3 Å². The number of nitro groups is 1. The van der Waals surface area contributed by atoms with Crippen LogP contribution in [0.15, 0.2) is 12.1 Å². The van der Waals surface area contributed by atoms with Crippen molar-refractivity contribution in [2.45, 2.75) is 44.1 Å². The van der Waals surface area contributed by atoms with Gasteiger partial charge in [0.25, 0.3) is 11.6 Å². The second-order valence-corrected chi connectivity index (χ2v) is 6.86. The van der Waals surface area contributed by atoms with E-state index < -0.39 is 22.3 Å². The standard InChI is InChI=1S/C17H25FN4O3/c1-21(2)17(7-5-3-4-6-8-17)11-20-16(23)13-9-12(18)10-14(15(13)19)22(24)25/h9-10H,3-8,11,19H2,1-2H3,(H,20,23). The van der Waals surface area contributed by atoms with Crippen molar-refractivity contribution in [3.8, 4) is 0 Å². The first-order valence-electron chi connectivity index (χ1n) is 8.46. The minimum absolute atomic E-state index is 0.166. The second kappa shape index (κ2) is 7.77. The molecule has 8 heteroatoms. The van der Waals surface area contributed by atoms with Crippen LogP contribution in [0.5, 0.6) is 0 Å². The molecule has 0 aliphatic heterocycles. The van der Waals surface area contributed by atoms with Gasteiger partial charge in [-0.05, 0) is 33.0 Å². The Hall–Kier alpha value is -2.22. The first kappa shape index (κ1) is 19.1. The Morgan fingerprint density at radius 1 is 1.32 bits per heavy atom. The number of carbonyl (C=O) groups excluding carboxylic acids is 1. The molecule has 0 aromatic heterocycles. The summed E-state index contributed by atoms with van der Waals surface area (Å²) in [5, 5.41) is 13.8. The molecule has 7 nitrogen and oxygen atoms in total. The lowest BCUT2D eigenvalue weighted by atomic mass is 9.88. The summed E-state index contributed by atoms with van der Waals surface area (Å²) in [7, 11) is 3.97. The van der Waals surface area contributed by atoms with E-state index >= 15 is 0 Å². The molecule has 0 spiro atoms. The van der Waals surface area contributed by atoms with E-state index in [0.717, 1.165) is 37.8 Å². The monoisotopic (exact) mass is 352 g/mol. The number of carbonyl (C=O) groups is 1. The van der Waals surface area contributed by atoms with Gasteiger partial charge in [0.15, 0.2) is 0 Å². The van der Waals surface area contributed by atoms with Crippen molar-refractivity contribution in [2.75, 3.05) is 26.4 Å². The van der Waals surface area contributed by atoms with Crippen LogP contribution in [0.4, 0.5) is 15.8 Å². The number of benzene rings is 1. The molecule has 1 aliphatic rings. The molecular weight excluding hydrogens is 327 g/mol. The fourth-order valence-corrected chi connectivity index (χ4v) is 3.45. The van der Waals surface area contributed by atoms with E-state index in [2.05, 4.69) is 10.2 Å². The summed E-state index contributed by atoms with van der Waals surface area (Å²) in [5.74, 6) is -1.45. The topological polar surface area (TPSA) is 102 Å². The van der Waals surface area contributed by atoms with Crippen LogP contribution in [0.1, 0.15) is 48.9 Å². The lowest BCUT2D eigenvalue weighted by molar-refractivity contribution is -0.384. The maximum Gasteiger partial charge on any atom is 0.295 e. The Morgan fingerprint density at radius 3 is 2.44 bits per heavy atom. The van der Waals surface area contributed by atoms with Gasteiger partial charge in [-0.1, -0.05) is 25.7 Å². The van der Waals surface area contributed by atoms with Gasteiger partial charge in [-0.3, -0.25) is 14.9 Å². The second-order valence-electron chi connectivity index (χ2n) is 6.86. The quantitative estimate of drug-likeness (QED) is 0.367. The molecule has 1 amide bonds. The number of amides is 1. The van der Waals surface area contributed by atoms with Gasteiger partial charge in [-0.2, -0.15) is 0 Å². The first-order chi connectivity index (χ1) is 11.8. The first-order valence-corrected chi connectivity index (χ1v) is 8.46. The van der Waals surface area contributed by atoms with Crippen molar-refractivity contribution in [1.82, 2.24) is 10.2 Å². The zero-order valence-electron chi connectivity index (χ0n) is 14.7. The van der Waals surface area contributed by atoms with Crippen LogP contribution in [-0.4, -0.2) is 41.9 Å². The predicted molar refractivity (Wildman–Crippen MR) is 93.9 cm³/mol. The predicted octanol–water partition coefficient (Wildman–Crippen LogP) is 2.70. The molecule has 1 aliphatic carbocycles. The zero-order valence-corrected chi connectivity index (χ0v) is 14.7. The number of anilines is 1. The molecule has 25 heavy (non-hydrogen) atoms. The fraction of sp³-hybridized carbons (Fsp3) is 0.588. The van der Waals surface area contributed by atoms with Gasteiger partial charge in [0.05, 0.1) is 16.6 Å². The fourth-order valence-electron chi connectivity index (χ4n) is 3.45. The third-order valence-electron chi connectivity index (χ3n) is 5.13. The van der Waals surface area contributed by atoms with Crippen LogP contribution in [0.2, 0.25) is 0 Å². The highest BCUT2D eigenvalue weighted by molar-refractivity contribution is 6.01. The molecular formula is C17H25FN4O3. The smallest absolute Gasteiger partial charge is 0.295 e. The third-order valence-corrected chi connectivity index (χ3v) is 5.13. The van der Waals surface area contributed by atoms with Crippen molar-refractivity contribution in [3.05, 3.63) is 33.6 Å². The van der Waals surface area contributed by atoms with Crippen molar-refractivity contribution in [1.29, 1.82) is 0 Å². The van der Waals surface area contributed by atoms with E-state index in [-0.39, 0.29) is 16.8 Å². The average molecular weight is 352 g/mol. The number of hydrogen-bond donors (Lipinski definition) is 2.